The Hall–Kier alpha value is -1.51. The molecule has 0 saturated carbocycles. The van der Waals surface area contributed by atoms with Gasteiger partial charge in [-0.1, -0.05) is 0 Å². The summed E-state index contributed by atoms with van der Waals surface area (Å²) in [5.41, 5.74) is 0.551. The molecule has 82 valence electrons. The highest BCUT2D eigenvalue weighted by Gasteiger charge is 2.11. The number of carboxylic acids is 1. The van der Waals surface area contributed by atoms with Gasteiger partial charge >= 0.3 is 5.97 Å². The van der Waals surface area contributed by atoms with E-state index < -0.39 is 5.97 Å². The van der Waals surface area contributed by atoms with E-state index >= 15 is 0 Å². The molecule has 0 aliphatic rings. The largest absolute Gasteiger partial charge is 0.478 e. The zero-order chi connectivity index (χ0) is 11.5. The van der Waals surface area contributed by atoms with Crippen LogP contribution in [0.4, 0.5) is 0 Å². The first-order chi connectivity index (χ1) is 7.66. The maximum Gasteiger partial charge on any atom is 0.339 e. The molecular weight excluding hydrogens is 323 g/mol. The zero-order valence-electron chi connectivity index (χ0n) is 8.04. The molecule has 0 aromatic carbocycles. The summed E-state index contributed by atoms with van der Waals surface area (Å²) in [6.07, 6.45) is 6.13. The number of carbonyl (C=O) groups is 1. The summed E-state index contributed by atoms with van der Waals surface area (Å²) in [6.45, 7) is 0.327. The molecule has 6 nitrogen and oxygen atoms in total. The number of nitrogens with zero attached hydrogens (tertiary/aromatic N) is 4. The summed E-state index contributed by atoms with van der Waals surface area (Å²) in [4.78, 5) is 18.5. The number of aromatic carboxylic acids is 1. The van der Waals surface area contributed by atoms with Gasteiger partial charge in [0.2, 0.25) is 0 Å². The average Bonchev–Trinajstić information content (AvgIpc) is 2.64. The van der Waals surface area contributed by atoms with E-state index in [2.05, 4.69) is 37.7 Å². The fourth-order valence-electron chi connectivity index (χ4n) is 1.24. The Labute approximate surface area is 104 Å². The number of aromatic nitrogens is 4. The molecule has 0 unspecified atom stereocenters. The Bertz CT molecular complexity index is 526. The van der Waals surface area contributed by atoms with Crippen molar-refractivity contribution in [1.29, 1.82) is 0 Å². The second kappa shape index (κ2) is 4.56. The van der Waals surface area contributed by atoms with Gasteiger partial charge in [-0.05, 0) is 22.6 Å². The molecule has 0 aliphatic heterocycles. The highest BCUT2D eigenvalue weighted by atomic mass is 127. The summed E-state index contributed by atoms with van der Waals surface area (Å²) in [7, 11) is 0. The van der Waals surface area contributed by atoms with Crippen molar-refractivity contribution in [3.63, 3.8) is 0 Å². The number of halogens is 1. The van der Waals surface area contributed by atoms with E-state index in [1.165, 1.54) is 12.5 Å². The number of hydrogen-bond acceptors (Lipinski definition) is 4. The lowest BCUT2D eigenvalue weighted by Gasteiger charge is -2.03. The van der Waals surface area contributed by atoms with Crippen LogP contribution in [0.5, 0.6) is 0 Å². The van der Waals surface area contributed by atoms with E-state index in [9.17, 15) is 4.79 Å². The monoisotopic (exact) mass is 330 g/mol. The number of rotatable bonds is 3. The maximum absolute atomic E-state index is 10.9. The molecular formula is C9H7IN4O2. The molecule has 0 spiro atoms. The quantitative estimate of drug-likeness (QED) is 0.850. The molecule has 0 aliphatic carbocycles. The van der Waals surface area contributed by atoms with Gasteiger partial charge in [0, 0.05) is 12.4 Å². The molecule has 2 aromatic rings. The molecule has 16 heavy (non-hydrogen) atoms. The molecule has 0 amide bonds. The van der Waals surface area contributed by atoms with Crippen LogP contribution in [0.3, 0.4) is 0 Å². The average molecular weight is 330 g/mol. The van der Waals surface area contributed by atoms with Crippen LogP contribution in [0.1, 0.15) is 16.1 Å². The third-order valence-electron chi connectivity index (χ3n) is 1.94. The third kappa shape index (κ3) is 2.35. The van der Waals surface area contributed by atoms with Crippen molar-refractivity contribution in [3.8, 4) is 0 Å². The van der Waals surface area contributed by atoms with E-state index in [0.29, 0.717) is 12.2 Å². The lowest BCUT2D eigenvalue weighted by Crippen LogP contribution is -2.10. The molecule has 0 fully saturated rings. The van der Waals surface area contributed by atoms with E-state index in [4.69, 9.17) is 5.11 Å². The van der Waals surface area contributed by atoms with Gasteiger partial charge in [0.15, 0.2) is 0 Å². The SMILES string of the molecule is O=C(O)c1cncnc1Cn1cc(I)cn1. The van der Waals surface area contributed by atoms with E-state index in [1.54, 1.807) is 10.9 Å². The molecule has 2 rings (SSSR count). The van der Waals surface area contributed by atoms with Crippen LogP contribution in [0.15, 0.2) is 24.9 Å². The van der Waals surface area contributed by atoms with Crippen LogP contribution in [0.2, 0.25) is 0 Å². The highest BCUT2D eigenvalue weighted by molar-refractivity contribution is 14.1. The van der Waals surface area contributed by atoms with Crippen molar-refractivity contribution >= 4 is 28.6 Å². The van der Waals surface area contributed by atoms with Crippen molar-refractivity contribution in [2.75, 3.05) is 0 Å². The fraction of sp³-hybridized carbons (Fsp3) is 0.111. The van der Waals surface area contributed by atoms with Crippen molar-refractivity contribution in [1.82, 2.24) is 19.7 Å². The van der Waals surface area contributed by atoms with E-state index in [1.807, 2.05) is 6.20 Å². The Balaban J connectivity index is 2.31. The molecule has 2 heterocycles. The summed E-state index contributed by atoms with van der Waals surface area (Å²) in [6, 6.07) is 0. The molecule has 1 N–H and O–H groups in total. The first-order valence-electron chi connectivity index (χ1n) is 4.37. The van der Waals surface area contributed by atoms with Crippen molar-refractivity contribution in [3.05, 3.63) is 39.7 Å². The summed E-state index contributed by atoms with van der Waals surface area (Å²) < 4.78 is 2.62. The minimum absolute atomic E-state index is 0.105. The first kappa shape index (κ1) is 11.0. The molecule has 2 aromatic heterocycles. The molecule has 0 atom stereocenters. The summed E-state index contributed by atoms with van der Waals surface area (Å²) in [5.74, 6) is -1.03. The van der Waals surface area contributed by atoms with Gasteiger partial charge in [-0.15, -0.1) is 0 Å². The lowest BCUT2D eigenvalue weighted by atomic mass is 10.2. The second-order valence-electron chi connectivity index (χ2n) is 3.04. The highest BCUT2D eigenvalue weighted by Crippen LogP contribution is 2.07. The first-order valence-corrected chi connectivity index (χ1v) is 5.45. The van der Waals surface area contributed by atoms with Crippen LogP contribution in [0.25, 0.3) is 0 Å². The van der Waals surface area contributed by atoms with Gasteiger partial charge in [-0.2, -0.15) is 5.10 Å². The van der Waals surface area contributed by atoms with Gasteiger partial charge in [-0.25, -0.2) is 14.8 Å². The van der Waals surface area contributed by atoms with Crippen LogP contribution in [-0.4, -0.2) is 30.8 Å². The number of hydrogen-bond donors (Lipinski definition) is 1. The fourth-order valence-corrected chi connectivity index (χ4v) is 1.68. The van der Waals surface area contributed by atoms with Crippen LogP contribution >= 0.6 is 22.6 Å². The van der Waals surface area contributed by atoms with Crippen LogP contribution in [-0.2, 0) is 6.54 Å². The molecule has 0 saturated heterocycles. The topological polar surface area (TPSA) is 80.9 Å². The Morgan fingerprint density at radius 3 is 2.94 bits per heavy atom. The van der Waals surface area contributed by atoms with Crippen molar-refractivity contribution < 1.29 is 9.90 Å². The zero-order valence-corrected chi connectivity index (χ0v) is 10.2. The Kier molecular flexibility index (Phi) is 3.13. The number of carboxylic acid groups (broad SMARTS) is 1. The Morgan fingerprint density at radius 1 is 1.50 bits per heavy atom. The van der Waals surface area contributed by atoms with Crippen LogP contribution in [0, 0.1) is 3.57 Å². The van der Waals surface area contributed by atoms with Gasteiger partial charge in [0.1, 0.15) is 11.9 Å². The predicted molar refractivity (Wildman–Crippen MR) is 63.0 cm³/mol. The summed E-state index contributed by atoms with van der Waals surface area (Å²) in [5, 5.41) is 13.0. The normalized spacial score (nSPS) is 10.3. The lowest BCUT2D eigenvalue weighted by molar-refractivity contribution is 0.0694. The predicted octanol–water partition coefficient (Wildman–Crippen LogP) is 1.02. The van der Waals surface area contributed by atoms with Gasteiger partial charge in [0.05, 0.1) is 22.0 Å². The van der Waals surface area contributed by atoms with Gasteiger partial charge in [0.25, 0.3) is 0 Å². The smallest absolute Gasteiger partial charge is 0.339 e. The maximum atomic E-state index is 10.9. The minimum atomic E-state index is -1.03. The molecule has 7 heteroatoms. The summed E-state index contributed by atoms with van der Waals surface area (Å²) >= 11 is 2.13. The third-order valence-corrected chi connectivity index (χ3v) is 2.50. The van der Waals surface area contributed by atoms with Crippen molar-refractivity contribution in [2.24, 2.45) is 0 Å². The van der Waals surface area contributed by atoms with Gasteiger partial charge < -0.3 is 5.11 Å². The van der Waals surface area contributed by atoms with Gasteiger partial charge in [-0.3, -0.25) is 4.68 Å². The van der Waals surface area contributed by atoms with E-state index in [0.717, 1.165) is 3.57 Å². The Morgan fingerprint density at radius 2 is 2.31 bits per heavy atom. The van der Waals surface area contributed by atoms with Crippen molar-refractivity contribution in [2.45, 2.75) is 6.54 Å². The van der Waals surface area contributed by atoms with E-state index in [-0.39, 0.29) is 5.56 Å². The second-order valence-corrected chi connectivity index (χ2v) is 4.29. The molecule has 0 radical (unpaired) electrons. The van der Waals surface area contributed by atoms with Crippen LogP contribution < -0.4 is 0 Å². The molecule has 0 bridgehead atoms. The standard InChI is InChI=1S/C9H7IN4O2/c10-6-1-13-14(3-6)4-8-7(9(15)16)2-11-5-12-8/h1-3,5H,4H2,(H,15,16). The minimum Gasteiger partial charge on any atom is -0.478 e.